The van der Waals surface area contributed by atoms with Crippen LogP contribution >= 0.6 is 0 Å². The van der Waals surface area contributed by atoms with Gasteiger partial charge in [0, 0.05) is 16.8 Å². The predicted molar refractivity (Wildman–Crippen MR) is 113 cm³/mol. The summed E-state index contributed by atoms with van der Waals surface area (Å²) in [5.41, 5.74) is 1.39. The van der Waals surface area contributed by atoms with Crippen LogP contribution in [0.15, 0.2) is 46.3 Å². The molecular formula is C21H16N8O3. The number of benzene rings is 1. The molecule has 4 N–H and O–H groups in total. The molecule has 3 heterocycles. The lowest BCUT2D eigenvalue weighted by molar-refractivity contribution is 0.102. The van der Waals surface area contributed by atoms with E-state index in [1.165, 1.54) is 12.3 Å². The molecule has 158 valence electrons. The number of hydrogen-bond acceptors (Lipinski definition) is 7. The van der Waals surface area contributed by atoms with E-state index >= 15 is 0 Å². The van der Waals surface area contributed by atoms with Crippen LogP contribution in [0.5, 0.6) is 5.88 Å². The zero-order chi connectivity index (χ0) is 22.2. The van der Waals surface area contributed by atoms with Crippen molar-refractivity contribution in [1.82, 2.24) is 24.6 Å². The summed E-state index contributed by atoms with van der Waals surface area (Å²) < 4.78 is 1.54. The highest BCUT2D eigenvalue weighted by Gasteiger charge is 2.20. The zero-order valence-electron chi connectivity index (χ0n) is 16.5. The standard InChI is InChI=1S/C21H16N8O3/c22-9-11-1-3-12(4-2-11)19(30)27-16-8-17(24-14-5-6-14)29-18(26-16)13(10-23-29)7-15-20(31)28-21(32)25-15/h1-4,7-8,10,14,31H,5-6H2,(H,27,30)(H2,25,28,32). The number of nitrogens with zero attached hydrogens (tertiary/aromatic N) is 5. The van der Waals surface area contributed by atoms with E-state index in [9.17, 15) is 14.7 Å². The van der Waals surface area contributed by atoms with Gasteiger partial charge in [0.05, 0.1) is 23.9 Å². The predicted octanol–water partition coefficient (Wildman–Crippen LogP) is 0.186. The molecule has 0 saturated heterocycles. The molecule has 3 aromatic heterocycles. The van der Waals surface area contributed by atoms with Crippen LogP contribution in [0, 0.1) is 11.3 Å². The van der Waals surface area contributed by atoms with Gasteiger partial charge in [0.2, 0.25) is 5.88 Å². The number of carbonyl (C=O) groups is 1. The Balaban J connectivity index is 1.60. The fourth-order valence-corrected chi connectivity index (χ4v) is 3.14. The fourth-order valence-electron chi connectivity index (χ4n) is 3.14. The van der Waals surface area contributed by atoms with Crippen molar-refractivity contribution in [3.05, 3.63) is 74.5 Å². The van der Waals surface area contributed by atoms with Gasteiger partial charge in [-0.1, -0.05) is 0 Å². The first-order valence-corrected chi connectivity index (χ1v) is 9.77. The van der Waals surface area contributed by atoms with E-state index in [0.29, 0.717) is 27.5 Å². The van der Waals surface area contributed by atoms with Crippen LogP contribution in [0.25, 0.3) is 11.7 Å². The minimum atomic E-state index is -0.544. The van der Waals surface area contributed by atoms with E-state index < -0.39 is 5.69 Å². The van der Waals surface area contributed by atoms with E-state index in [1.54, 1.807) is 34.8 Å². The first kappa shape index (κ1) is 19.3. The lowest BCUT2D eigenvalue weighted by atomic mass is 10.1. The molecule has 0 aliphatic heterocycles. The summed E-state index contributed by atoms with van der Waals surface area (Å²) in [6.07, 6.45) is 5.02. The van der Waals surface area contributed by atoms with Crippen LogP contribution in [-0.2, 0) is 0 Å². The molecule has 11 nitrogen and oxygen atoms in total. The summed E-state index contributed by atoms with van der Waals surface area (Å²) in [5.74, 6) is -0.419. The van der Waals surface area contributed by atoms with Crippen molar-refractivity contribution in [1.29, 1.82) is 5.26 Å². The summed E-state index contributed by atoms with van der Waals surface area (Å²) in [5, 5.41) is 26.4. The molecule has 0 atom stereocenters. The number of aromatic amines is 2. The van der Waals surface area contributed by atoms with Gasteiger partial charge in [0.25, 0.3) is 5.91 Å². The van der Waals surface area contributed by atoms with Crippen molar-refractivity contribution >= 4 is 23.4 Å². The fraction of sp³-hybridized carbons (Fsp3) is 0.143. The lowest BCUT2D eigenvalue weighted by Crippen LogP contribution is -2.22. The van der Waals surface area contributed by atoms with Gasteiger partial charge in [-0.3, -0.25) is 14.8 Å². The van der Waals surface area contributed by atoms with Crippen LogP contribution in [0.2, 0.25) is 0 Å². The minimum Gasteiger partial charge on any atom is -0.493 e. The summed E-state index contributed by atoms with van der Waals surface area (Å²) in [4.78, 5) is 38.0. The number of aromatic nitrogens is 5. The third kappa shape index (κ3) is 3.72. The molecule has 1 amide bonds. The lowest BCUT2D eigenvalue weighted by Gasteiger charge is -2.06. The normalized spacial score (nSPS) is 14.6. The number of carbonyl (C=O) groups excluding carboxylic acids is 1. The van der Waals surface area contributed by atoms with Crippen molar-refractivity contribution in [2.75, 3.05) is 5.32 Å². The Kier molecular flexibility index (Phi) is 4.52. The van der Waals surface area contributed by atoms with E-state index in [0.717, 1.165) is 12.8 Å². The number of H-pyrrole nitrogens is 2. The molecule has 0 bridgehead atoms. The van der Waals surface area contributed by atoms with E-state index in [1.807, 2.05) is 6.07 Å². The number of anilines is 1. The number of amides is 1. The molecular weight excluding hydrogens is 412 g/mol. The number of fused-ring (bicyclic) bond motifs is 1. The van der Waals surface area contributed by atoms with Crippen LogP contribution in [0.4, 0.5) is 5.82 Å². The second kappa shape index (κ2) is 7.51. The SMILES string of the molecule is N#Cc1ccc(C(=O)Nc2cc(=NC3CC3)n3ncc(=Cc4[nH]c(=O)[nH]c4O)c3n2)cc1. The Morgan fingerprint density at radius 1 is 1.31 bits per heavy atom. The maximum Gasteiger partial charge on any atom is 0.326 e. The molecule has 0 unspecified atom stereocenters. The smallest absolute Gasteiger partial charge is 0.326 e. The second-order valence-electron chi connectivity index (χ2n) is 7.32. The van der Waals surface area contributed by atoms with Gasteiger partial charge in [-0.2, -0.15) is 14.9 Å². The van der Waals surface area contributed by atoms with Gasteiger partial charge >= 0.3 is 5.69 Å². The minimum absolute atomic E-state index is 0.180. The summed E-state index contributed by atoms with van der Waals surface area (Å²) >= 11 is 0. The second-order valence-corrected chi connectivity index (χ2v) is 7.32. The van der Waals surface area contributed by atoms with Crippen molar-refractivity contribution < 1.29 is 9.90 Å². The Bertz CT molecular complexity index is 1570. The largest absolute Gasteiger partial charge is 0.493 e. The number of rotatable bonds is 4. The first-order valence-electron chi connectivity index (χ1n) is 9.77. The third-order valence-electron chi connectivity index (χ3n) is 4.89. The highest BCUT2D eigenvalue weighted by atomic mass is 16.3. The molecule has 1 fully saturated rings. The quantitative estimate of drug-likeness (QED) is 0.362. The molecule has 11 heteroatoms. The maximum absolute atomic E-state index is 12.7. The Hall–Kier alpha value is -4.72. The molecule has 4 aromatic rings. The average Bonchev–Trinajstić information content (AvgIpc) is 3.42. The molecule has 5 rings (SSSR count). The van der Waals surface area contributed by atoms with E-state index in [-0.39, 0.29) is 29.3 Å². The van der Waals surface area contributed by atoms with Crippen LogP contribution in [-0.4, -0.2) is 41.6 Å². The van der Waals surface area contributed by atoms with Crippen LogP contribution in [0.1, 0.15) is 34.5 Å². The zero-order valence-corrected chi connectivity index (χ0v) is 16.5. The molecule has 1 aliphatic carbocycles. The van der Waals surface area contributed by atoms with Gasteiger partial charge in [-0.05, 0) is 43.2 Å². The number of nitriles is 1. The summed E-state index contributed by atoms with van der Waals surface area (Å²) in [6, 6.07) is 10.1. The summed E-state index contributed by atoms with van der Waals surface area (Å²) in [6.45, 7) is 0. The highest BCUT2D eigenvalue weighted by molar-refractivity contribution is 6.03. The van der Waals surface area contributed by atoms with Crippen molar-refractivity contribution in [2.45, 2.75) is 18.9 Å². The monoisotopic (exact) mass is 428 g/mol. The van der Waals surface area contributed by atoms with Gasteiger partial charge < -0.3 is 15.4 Å². The van der Waals surface area contributed by atoms with Crippen LogP contribution < -0.4 is 21.7 Å². The molecule has 1 aliphatic rings. The average molecular weight is 428 g/mol. The van der Waals surface area contributed by atoms with Gasteiger partial charge in [-0.15, -0.1) is 0 Å². The van der Waals surface area contributed by atoms with Crippen molar-refractivity contribution in [3.8, 4) is 11.9 Å². The number of hydrogen-bond donors (Lipinski definition) is 4. The van der Waals surface area contributed by atoms with E-state index in [2.05, 4.69) is 30.4 Å². The Morgan fingerprint density at radius 2 is 2.09 bits per heavy atom. The maximum atomic E-state index is 12.7. The van der Waals surface area contributed by atoms with Crippen LogP contribution in [0.3, 0.4) is 0 Å². The van der Waals surface area contributed by atoms with E-state index in [4.69, 9.17) is 5.26 Å². The van der Waals surface area contributed by atoms with Gasteiger partial charge in [0.15, 0.2) is 11.1 Å². The van der Waals surface area contributed by atoms with Crippen molar-refractivity contribution in [3.63, 3.8) is 0 Å². The molecule has 0 spiro atoms. The Labute approximate surface area is 179 Å². The first-order chi connectivity index (χ1) is 15.5. The third-order valence-corrected chi connectivity index (χ3v) is 4.89. The molecule has 0 radical (unpaired) electrons. The molecule has 1 aromatic carbocycles. The topological polar surface area (TPSA) is 164 Å². The Morgan fingerprint density at radius 3 is 2.75 bits per heavy atom. The van der Waals surface area contributed by atoms with Crippen molar-refractivity contribution in [2.24, 2.45) is 4.99 Å². The molecule has 32 heavy (non-hydrogen) atoms. The molecule has 1 saturated carbocycles. The summed E-state index contributed by atoms with van der Waals surface area (Å²) in [7, 11) is 0. The number of aromatic hydroxyl groups is 1. The van der Waals surface area contributed by atoms with Gasteiger partial charge in [0.1, 0.15) is 11.5 Å². The highest BCUT2D eigenvalue weighted by Crippen LogP contribution is 2.22. The van der Waals surface area contributed by atoms with Gasteiger partial charge in [-0.25, -0.2) is 9.78 Å². The number of nitrogens with one attached hydrogen (secondary N) is 3. The number of imidazole rings is 1.